The number of aromatic hydroxyl groups is 1. The summed E-state index contributed by atoms with van der Waals surface area (Å²) < 4.78 is 1.81. The van der Waals surface area contributed by atoms with Gasteiger partial charge in [-0.05, 0) is 35.7 Å². The van der Waals surface area contributed by atoms with Gasteiger partial charge in [-0.25, -0.2) is 0 Å². The highest BCUT2D eigenvalue weighted by Gasteiger charge is 2.13. The Morgan fingerprint density at radius 2 is 1.84 bits per heavy atom. The molecule has 0 spiro atoms. The number of fused-ring (bicyclic) bond motifs is 2. The highest BCUT2D eigenvalue weighted by molar-refractivity contribution is 7.24. The van der Waals surface area contributed by atoms with Gasteiger partial charge < -0.3 is 5.11 Å². The van der Waals surface area contributed by atoms with Crippen molar-refractivity contribution < 1.29 is 5.11 Å². The minimum Gasteiger partial charge on any atom is -0.508 e. The lowest BCUT2D eigenvalue weighted by Crippen LogP contribution is -2.05. The van der Waals surface area contributed by atoms with Crippen LogP contribution in [-0.2, 0) is 0 Å². The highest BCUT2D eigenvalue weighted by atomic mass is 32.1. The second-order valence-electron chi connectivity index (χ2n) is 4.99. The lowest BCUT2D eigenvalue weighted by molar-refractivity contribution is 0.475. The molecule has 0 aliphatic carbocycles. The summed E-state index contributed by atoms with van der Waals surface area (Å²) >= 11 is 1.55. The summed E-state index contributed by atoms with van der Waals surface area (Å²) in [5.41, 5.74) is 0.982. The molecule has 0 amide bonds. The molecule has 2 nitrogen and oxygen atoms in total. The quantitative estimate of drug-likeness (QED) is 0.671. The standard InChI is InChI=1S/C16H14O2S/c1-9(2)12-7-10(17)8-14-15(12)16(18)11-5-3-4-6-13(11)19-14/h3-9,17H,1-2H3. The number of rotatable bonds is 1. The van der Waals surface area contributed by atoms with Gasteiger partial charge in [0.1, 0.15) is 5.75 Å². The molecule has 0 saturated heterocycles. The zero-order valence-electron chi connectivity index (χ0n) is 10.8. The predicted octanol–water partition coefficient (Wildman–Crippen LogP) is 4.24. The van der Waals surface area contributed by atoms with Gasteiger partial charge in [-0.1, -0.05) is 26.0 Å². The van der Waals surface area contributed by atoms with E-state index in [-0.39, 0.29) is 17.1 Å². The molecule has 0 atom stereocenters. The van der Waals surface area contributed by atoms with Crippen LogP contribution in [0.2, 0.25) is 0 Å². The molecular weight excluding hydrogens is 256 g/mol. The van der Waals surface area contributed by atoms with Gasteiger partial charge in [0.2, 0.25) is 0 Å². The Hall–Kier alpha value is -1.87. The summed E-state index contributed by atoms with van der Waals surface area (Å²) in [6.45, 7) is 4.07. The minimum atomic E-state index is 0.0630. The summed E-state index contributed by atoms with van der Waals surface area (Å²) in [4.78, 5) is 12.6. The Kier molecular flexibility index (Phi) is 2.79. The Balaban J connectivity index is 2.59. The van der Waals surface area contributed by atoms with Crippen molar-refractivity contribution in [1.29, 1.82) is 0 Å². The van der Waals surface area contributed by atoms with E-state index < -0.39 is 0 Å². The molecule has 0 fully saturated rings. The van der Waals surface area contributed by atoms with Gasteiger partial charge in [0.25, 0.3) is 0 Å². The van der Waals surface area contributed by atoms with Gasteiger partial charge in [-0.3, -0.25) is 4.79 Å². The lowest BCUT2D eigenvalue weighted by Gasteiger charge is -2.10. The van der Waals surface area contributed by atoms with Gasteiger partial charge in [0.15, 0.2) is 5.43 Å². The van der Waals surface area contributed by atoms with E-state index in [2.05, 4.69) is 0 Å². The molecule has 2 aromatic carbocycles. The van der Waals surface area contributed by atoms with E-state index in [9.17, 15) is 9.90 Å². The normalized spacial score (nSPS) is 11.5. The monoisotopic (exact) mass is 270 g/mol. The number of benzene rings is 2. The number of phenols is 1. The van der Waals surface area contributed by atoms with Crippen LogP contribution < -0.4 is 5.43 Å². The molecule has 19 heavy (non-hydrogen) atoms. The van der Waals surface area contributed by atoms with Gasteiger partial charge in [-0.2, -0.15) is 0 Å². The van der Waals surface area contributed by atoms with Crippen LogP contribution in [0.3, 0.4) is 0 Å². The summed E-state index contributed by atoms with van der Waals surface area (Å²) in [6, 6.07) is 11.0. The van der Waals surface area contributed by atoms with E-state index in [1.54, 1.807) is 23.5 Å². The molecule has 1 heterocycles. The first-order valence-electron chi connectivity index (χ1n) is 6.26. The molecule has 0 aliphatic rings. The average Bonchev–Trinajstić information content (AvgIpc) is 2.37. The topological polar surface area (TPSA) is 37.3 Å². The highest BCUT2D eigenvalue weighted by Crippen LogP contribution is 2.33. The van der Waals surface area contributed by atoms with Crippen LogP contribution in [0.25, 0.3) is 20.2 Å². The average molecular weight is 270 g/mol. The van der Waals surface area contributed by atoms with Crippen LogP contribution >= 0.6 is 11.3 Å². The molecule has 0 unspecified atom stereocenters. The summed E-state index contributed by atoms with van der Waals surface area (Å²) in [6.07, 6.45) is 0. The fourth-order valence-corrected chi connectivity index (χ4v) is 3.54. The van der Waals surface area contributed by atoms with Crippen molar-refractivity contribution in [2.45, 2.75) is 19.8 Å². The van der Waals surface area contributed by atoms with Gasteiger partial charge in [0, 0.05) is 20.2 Å². The number of phenolic OH excluding ortho intramolecular Hbond substituents is 1. The third-order valence-corrected chi connectivity index (χ3v) is 4.44. The first-order chi connectivity index (χ1) is 9.08. The Morgan fingerprint density at radius 1 is 1.11 bits per heavy atom. The van der Waals surface area contributed by atoms with Crippen molar-refractivity contribution >= 4 is 31.5 Å². The van der Waals surface area contributed by atoms with Crippen molar-refractivity contribution in [3.8, 4) is 5.75 Å². The molecule has 3 rings (SSSR count). The smallest absolute Gasteiger partial charge is 0.196 e. The molecule has 1 aromatic heterocycles. The molecule has 3 heteroatoms. The number of hydrogen-bond donors (Lipinski definition) is 1. The Morgan fingerprint density at radius 3 is 2.58 bits per heavy atom. The van der Waals surface area contributed by atoms with Crippen molar-refractivity contribution in [3.63, 3.8) is 0 Å². The Labute approximate surface area is 114 Å². The maximum atomic E-state index is 12.6. The third-order valence-electron chi connectivity index (χ3n) is 3.32. The zero-order chi connectivity index (χ0) is 13.6. The van der Waals surface area contributed by atoms with Gasteiger partial charge >= 0.3 is 0 Å². The van der Waals surface area contributed by atoms with Gasteiger partial charge in [-0.15, -0.1) is 11.3 Å². The molecule has 0 radical (unpaired) electrons. The SMILES string of the molecule is CC(C)c1cc(O)cc2sc3ccccc3c(=O)c12. The van der Waals surface area contributed by atoms with E-state index in [4.69, 9.17) is 0 Å². The predicted molar refractivity (Wildman–Crippen MR) is 81.4 cm³/mol. The van der Waals surface area contributed by atoms with E-state index in [0.717, 1.165) is 25.7 Å². The summed E-state index contributed by atoms with van der Waals surface area (Å²) in [5.74, 6) is 0.429. The van der Waals surface area contributed by atoms with E-state index >= 15 is 0 Å². The molecule has 96 valence electrons. The second-order valence-corrected chi connectivity index (χ2v) is 6.07. The molecule has 0 aliphatic heterocycles. The van der Waals surface area contributed by atoms with Crippen LogP contribution in [0, 0.1) is 0 Å². The molecular formula is C16H14O2S. The fourth-order valence-electron chi connectivity index (χ4n) is 2.40. The van der Waals surface area contributed by atoms with Crippen LogP contribution in [0.1, 0.15) is 25.3 Å². The fraction of sp³-hybridized carbons (Fsp3) is 0.188. The van der Waals surface area contributed by atoms with Crippen LogP contribution in [-0.4, -0.2) is 5.11 Å². The van der Waals surface area contributed by atoms with E-state index in [1.165, 1.54) is 0 Å². The molecule has 0 saturated carbocycles. The lowest BCUT2D eigenvalue weighted by atomic mass is 9.98. The van der Waals surface area contributed by atoms with E-state index in [1.807, 2.05) is 38.1 Å². The van der Waals surface area contributed by atoms with Crippen LogP contribution in [0.5, 0.6) is 5.75 Å². The van der Waals surface area contributed by atoms with Gasteiger partial charge in [0.05, 0.1) is 0 Å². The number of hydrogen-bond acceptors (Lipinski definition) is 3. The zero-order valence-corrected chi connectivity index (χ0v) is 11.6. The van der Waals surface area contributed by atoms with Crippen molar-refractivity contribution in [2.24, 2.45) is 0 Å². The summed E-state index contributed by atoms with van der Waals surface area (Å²) in [5, 5.41) is 11.3. The first kappa shape index (κ1) is 12.2. The molecule has 3 aromatic rings. The minimum absolute atomic E-state index is 0.0630. The van der Waals surface area contributed by atoms with Crippen molar-refractivity contribution in [2.75, 3.05) is 0 Å². The third kappa shape index (κ3) is 1.90. The Bertz CT molecular complexity index is 831. The van der Waals surface area contributed by atoms with Crippen LogP contribution in [0.15, 0.2) is 41.2 Å². The second kappa shape index (κ2) is 4.35. The molecule has 1 N–H and O–H groups in total. The van der Waals surface area contributed by atoms with E-state index in [0.29, 0.717) is 0 Å². The maximum absolute atomic E-state index is 12.6. The largest absolute Gasteiger partial charge is 0.508 e. The maximum Gasteiger partial charge on any atom is 0.196 e. The summed E-state index contributed by atoms with van der Waals surface area (Å²) in [7, 11) is 0. The van der Waals surface area contributed by atoms with Crippen molar-refractivity contribution in [1.82, 2.24) is 0 Å². The first-order valence-corrected chi connectivity index (χ1v) is 7.08. The van der Waals surface area contributed by atoms with Crippen molar-refractivity contribution in [3.05, 3.63) is 52.2 Å². The van der Waals surface area contributed by atoms with Crippen LogP contribution in [0.4, 0.5) is 0 Å². The molecule has 0 bridgehead atoms.